The summed E-state index contributed by atoms with van der Waals surface area (Å²) in [7, 11) is 0. The van der Waals surface area contributed by atoms with Crippen molar-refractivity contribution in [2.45, 2.75) is 77.5 Å². The van der Waals surface area contributed by atoms with Gasteiger partial charge < -0.3 is 19.9 Å². The summed E-state index contributed by atoms with van der Waals surface area (Å²) < 4.78 is 26.2. The number of likely N-dealkylation sites (tertiary alicyclic amines) is 1. The van der Waals surface area contributed by atoms with Gasteiger partial charge in [-0.25, -0.2) is 19.2 Å². The van der Waals surface area contributed by atoms with Crippen LogP contribution in [-0.4, -0.2) is 56.9 Å². The minimum Gasteiger partial charge on any atom is -0.453 e. The van der Waals surface area contributed by atoms with Gasteiger partial charge in [0.2, 0.25) is 0 Å². The van der Waals surface area contributed by atoms with Crippen molar-refractivity contribution in [1.82, 2.24) is 20.2 Å². The van der Waals surface area contributed by atoms with Crippen LogP contribution >= 0.6 is 0 Å². The molecule has 0 bridgehead atoms. The first-order valence-electron chi connectivity index (χ1n) is 12.6. The van der Waals surface area contributed by atoms with Gasteiger partial charge in [-0.15, -0.1) is 0 Å². The number of benzene rings is 1. The first kappa shape index (κ1) is 26.3. The van der Waals surface area contributed by atoms with Crippen LogP contribution in [-0.2, 0) is 11.2 Å². The maximum absolute atomic E-state index is 14.1. The van der Waals surface area contributed by atoms with E-state index in [4.69, 9.17) is 9.47 Å². The number of aromatic nitrogens is 2. The maximum atomic E-state index is 14.1. The van der Waals surface area contributed by atoms with Crippen LogP contribution in [0.3, 0.4) is 0 Å². The fourth-order valence-electron chi connectivity index (χ4n) is 5.12. The lowest BCUT2D eigenvalue weighted by atomic mass is 9.78. The number of aliphatic hydroxyl groups is 1. The molecule has 2 aliphatic heterocycles. The summed E-state index contributed by atoms with van der Waals surface area (Å²) in [4.78, 5) is 23.8. The van der Waals surface area contributed by atoms with E-state index in [1.807, 2.05) is 20.8 Å². The number of rotatable bonds is 6. The van der Waals surface area contributed by atoms with Crippen LogP contribution in [0.1, 0.15) is 71.2 Å². The monoisotopic (exact) mass is 500 g/mol. The number of aryl methyl sites for hydroxylation is 1. The molecule has 2 unspecified atom stereocenters. The number of halogens is 1. The zero-order valence-corrected chi connectivity index (χ0v) is 21.8. The van der Waals surface area contributed by atoms with Gasteiger partial charge in [-0.05, 0) is 90.6 Å². The Morgan fingerprint density at radius 3 is 2.69 bits per heavy atom. The van der Waals surface area contributed by atoms with Crippen molar-refractivity contribution in [3.05, 3.63) is 47.8 Å². The molecule has 0 aliphatic carbocycles. The first-order valence-corrected chi connectivity index (χ1v) is 12.6. The molecule has 2 fully saturated rings. The highest BCUT2D eigenvalue weighted by Gasteiger charge is 2.53. The van der Waals surface area contributed by atoms with Crippen LogP contribution in [0.4, 0.5) is 9.18 Å². The number of amides is 1. The van der Waals surface area contributed by atoms with Gasteiger partial charge in [0.05, 0.1) is 17.8 Å². The van der Waals surface area contributed by atoms with Gasteiger partial charge in [-0.3, -0.25) is 4.90 Å². The van der Waals surface area contributed by atoms with Crippen molar-refractivity contribution in [3.8, 4) is 11.5 Å². The molecule has 0 radical (unpaired) electrons. The molecule has 0 saturated carbocycles. The molecule has 8 nitrogen and oxygen atoms in total. The molecule has 1 aromatic carbocycles. The number of carbonyl (C=O) groups is 1. The molecule has 1 amide bonds. The van der Waals surface area contributed by atoms with Crippen LogP contribution < -0.4 is 10.1 Å². The first-order chi connectivity index (χ1) is 16.9. The van der Waals surface area contributed by atoms with E-state index in [1.165, 1.54) is 18.5 Å². The van der Waals surface area contributed by atoms with Crippen molar-refractivity contribution < 1.29 is 23.8 Å². The quantitative estimate of drug-likeness (QED) is 0.590. The van der Waals surface area contributed by atoms with Crippen LogP contribution in [0, 0.1) is 11.2 Å². The average molecular weight is 501 g/mol. The van der Waals surface area contributed by atoms with Gasteiger partial charge >= 0.3 is 6.09 Å². The van der Waals surface area contributed by atoms with Crippen molar-refractivity contribution in [2.24, 2.45) is 5.41 Å². The summed E-state index contributed by atoms with van der Waals surface area (Å²) >= 11 is 0. The Balaban J connectivity index is 1.70. The van der Waals surface area contributed by atoms with Gasteiger partial charge in [0.15, 0.2) is 5.75 Å². The van der Waals surface area contributed by atoms with Crippen LogP contribution in [0.5, 0.6) is 11.5 Å². The highest BCUT2D eigenvalue weighted by molar-refractivity contribution is 5.70. The molecule has 1 spiro atoms. The van der Waals surface area contributed by atoms with E-state index in [-0.39, 0.29) is 23.4 Å². The zero-order chi connectivity index (χ0) is 26.1. The summed E-state index contributed by atoms with van der Waals surface area (Å²) in [6.07, 6.45) is 5.26. The van der Waals surface area contributed by atoms with E-state index >= 15 is 0 Å². The lowest BCUT2D eigenvalue weighted by Crippen LogP contribution is -2.40. The average Bonchev–Trinajstić information content (AvgIpc) is 3.40. The lowest BCUT2D eigenvalue weighted by Gasteiger charge is -2.35. The molecular weight excluding hydrogens is 463 g/mol. The van der Waals surface area contributed by atoms with E-state index in [9.17, 15) is 14.3 Å². The Hall–Kier alpha value is -2.78. The van der Waals surface area contributed by atoms with Crippen molar-refractivity contribution in [3.63, 3.8) is 0 Å². The molecule has 36 heavy (non-hydrogen) atoms. The molecule has 2 atom stereocenters. The van der Waals surface area contributed by atoms with Crippen molar-refractivity contribution in [2.75, 3.05) is 19.6 Å². The van der Waals surface area contributed by atoms with Crippen LogP contribution in [0.25, 0.3) is 0 Å². The Bertz CT molecular complexity index is 1090. The highest BCUT2D eigenvalue weighted by atomic mass is 19.1. The summed E-state index contributed by atoms with van der Waals surface area (Å²) in [5.41, 5.74) is -0.477. The number of hydrogen-bond acceptors (Lipinski definition) is 7. The molecular formula is C27H37FN4O4. The molecule has 4 rings (SSSR count). The SMILES string of the molecule is CC(C)(O)CCc1cc(F)ccc1Oc1cncnc1C1N(C(=O)OC(C)(C)C)CCC12CCNC2. The van der Waals surface area contributed by atoms with Crippen LogP contribution in [0.2, 0.25) is 0 Å². The minimum atomic E-state index is -0.899. The van der Waals surface area contributed by atoms with E-state index in [0.717, 1.165) is 25.9 Å². The van der Waals surface area contributed by atoms with E-state index in [0.29, 0.717) is 42.1 Å². The summed E-state index contributed by atoms with van der Waals surface area (Å²) in [5, 5.41) is 13.6. The second-order valence-corrected chi connectivity index (χ2v) is 11.6. The summed E-state index contributed by atoms with van der Waals surface area (Å²) in [6, 6.07) is 3.99. The van der Waals surface area contributed by atoms with Gasteiger partial charge in [0.1, 0.15) is 29.2 Å². The number of nitrogens with one attached hydrogen (secondary N) is 1. The predicted molar refractivity (Wildman–Crippen MR) is 133 cm³/mol. The third-order valence-corrected chi connectivity index (χ3v) is 6.86. The number of hydrogen-bond donors (Lipinski definition) is 2. The fourth-order valence-corrected chi connectivity index (χ4v) is 5.12. The molecule has 2 aromatic rings. The second kappa shape index (κ2) is 9.94. The Kier molecular flexibility index (Phi) is 7.26. The zero-order valence-electron chi connectivity index (χ0n) is 21.8. The normalized spacial score (nSPS) is 22.3. The van der Waals surface area contributed by atoms with Gasteiger partial charge in [0, 0.05) is 18.5 Å². The molecule has 3 heterocycles. The third-order valence-electron chi connectivity index (χ3n) is 6.86. The lowest BCUT2D eigenvalue weighted by molar-refractivity contribution is 0.0160. The van der Waals surface area contributed by atoms with Gasteiger partial charge in [-0.2, -0.15) is 0 Å². The molecule has 196 valence electrons. The number of nitrogens with zero attached hydrogens (tertiary/aromatic N) is 3. The standard InChI is InChI=1S/C27H37FN4O4/c1-25(2,3)36-24(33)32-13-11-27(10-12-29-16-27)23(32)22-21(15-30-17-31-22)35-20-7-6-19(28)14-18(20)8-9-26(4,5)34/h6-7,14-15,17,23,29,34H,8-13,16H2,1-5H3. The molecule has 2 N–H and O–H groups in total. The Labute approximate surface area is 212 Å². The molecule has 2 aliphatic rings. The van der Waals surface area contributed by atoms with Crippen molar-refractivity contribution in [1.29, 1.82) is 0 Å². The topological polar surface area (TPSA) is 96.8 Å². The van der Waals surface area contributed by atoms with Gasteiger partial charge in [0.25, 0.3) is 0 Å². The maximum Gasteiger partial charge on any atom is 0.410 e. The third kappa shape index (κ3) is 5.95. The fraction of sp³-hybridized carbons (Fsp3) is 0.593. The minimum absolute atomic E-state index is 0.199. The summed E-state index contributed by atoms with van der Waals surface area (Å²) in [6.45, 7) is 11.2. The number of ether oxygens (including phenoxy) is 2. The van der Waals surface area contributed by atoms with Gasteiger partial charge in [-0.1, -0.05) is 0 Å². The summed E-state index contributed by atoms with van der Waals surface area (Å²) in [5.74, 6) is 0.512. The van der Waals surface area contributed by atoms with E-state index in [1.54, 1.807) is 31.0 Å². The van der Waals surface area contributed by atoms with E-state index < -0.39 is 11.2 Å². The van der Waals surface area contributed by atoms with E-state index in [2.05, 4.69) is 15.3 Å². The molecule has 9 heteroatoms. The second-order valence-electron chi connectivity index (χ2n) is 11.6. The van der Waals surface area contributed by atoms with Crippen molar-refractivity contribution >= 4 is 6.09 Å². The Morgan fingerprint density at radius 1 is 1.25 bits per heavy atom. The smallest absolute Gasteiger partial charge is 0.410 e. The molecule has 1 aromatic heterocycles. The Morgan fingerprint density at radius 2 is 2.03 bits per heavy atom. The number of carbonyl (C=O) groups excluding carboxylic acids is 1. The molecule has 2 saturated heterocycles. The largest absolute Gasteiger partial charge is 0.453 e. The predicted octanol–water partition coefficient (Wildman–Crippen LogP) is 4.77. The van der Waals surface area contributed by atoms with Crippen LogP contribution in [0.15, 0.2) is 30.7 Å². The highest BCUT2D eigenvalue weighted by Crippen LogP contribution is 2.52.